The largest absolute Gasteiger partial charge is 0.486 e. The molecule has 2 aliphatic rings. The van der Waals surface area contributed by atoms with Crippen molar-refractivity contribution in [1.29, 1.82) is 0 Å². The van der Waals surface area contributed by atoms with Gasteiger partial charge in [0.15, 0.2) is 11.5 Å². The average molecular weight is 357 g/mol. The van der Waals surface area contributed by atoms with Crippen LogP contribution in [0.15, 0.2) is 12.1 Å². The van der Waals surface area contributed by atoms with E-state index >= 15 is 0 Å². The fraction of sp³-hybridized carbons (Fsp3) is 0.562. The molecule has 1 heterocycles. The maximum Gasteiger partial charge on any atom is 0.319 e. The minimum Gasteiger partial charge on any atom is -0.486 e. The fourth-order valence-corrected chi connectivity index (χ4v) is 4.19. The minimum atomic E-state index is -0.254. The molecule has 1 fully saturated rings. The van der Waals surface area contributed by atoms with Crippen molar-refractivity contribution in [2.45, 2.75) is 30.9 Å². The highest BCUT2D eigenvalue weighted by Crippen LogP contribution is 2.37. The van der Waals surface area contributed by atoms with Crippen molar-refractivity contribution in [3.63, 3.8) is 0 Å². The van der Waals surface area contributed by atoms with Gasteiger partial charge in [-0.2, -0.15) is 11.8 Å². The second-order valence-corrected chi connectivity index (χ2v) is 7.45. The molecule has 1 saturated carbocycles. The van der Waals surface area contributed by atoms with E-state index in [-0.39, 0.29) is 6.03 Å². The van der Waals surface area contributed by atoms with Crippen LogP contribution in [0.4, 0.5) is 10.5 Å². The van der Waals surface area contributed by atoms with E-state index in [2.05, 4.69) is 10.6 Å². The number of benzene rings is 1. The summed E-state index contributed by atoms with van der Waals surface area (Å²) < 4.78 is 10.9. The number of urea groups is 1. The maximum atomic E-state index is 12.0. The van der Waals surface area contributed by atoms with Crippen LogP contribution < -0.4 is 20.1 Å². The van der Waals surface area contributed by atoms with E-state index in [1.165, 1.54) is 25.7 Å². The van der Waals surface area contributed by atoms with Gasteiger partial charge in [-0.1, -0.05) is 24.4 Å². The van der Waals surface area contributed by atoms with E-state index in [0.29, 0.717) is 42.0 Å². The normalized spacial score (nSPS) is 17.1. The highest BCUT2D eigenvalue weighted by atomic mass is 35.5. The van der Waals surface area contributed by atoms with E-state index in [4.69, 9.17) is 21.1 Å². The Morgan fingerprint density at radius 1 is 1.22 bits per heavy atom. The third kappa shape index (κ3) is 4.61. The van der Waals surface area contributed by atoms with Gasteiger partial charge >= 0.3 is 6.03 Å². The Morgan fingerprint density at radius 3 is 2.65 bits per heavy atom. The minimum absolute atomic E-state index is 0.254. The first-order valence-corrected chi connectivity index (χ1v) is 9.40. The summed E-state index contributed by atoms with van der Waals surface area (Å²) in [7, 11) is 0. The number of carbonyl (C=O) groups is 1. The van der Waals surface area contributed by atoms with Gasteiger partial charge in [0.05, 0.1) is 10.7 Å². The number of nitrogens with one attached hydrogen (secondary N) is 2. The summed E-state index contributed by atoms with van der Waals surface area (Å²) in [4.78, 5) is 12.0. The third-order valence-corrected chi connectivity index (χ3v) is 5.62. The van der Waals surface area contributed by atoms with Gasteiger partial charge in [0.1, 0.15) is 13.2 Å². The predicted molar refractivity (Wildman–Crippen MR) is 94.2 cm³/mol. The average Bonchev–Trinajstić information content (AvgIpc) is 3.06. The van der Waals surface area contributed by atoms with Crippen LogP contribution >= 0.6 is 23.4 Å². The molecule has 3 rings (SSSR count). The highest BCUT2D eigenvalue weighted by Gasteiger charge is 2.17. The van der Waals surface area contributed by atoms with Crippen molar-refractivity contribution >= 4 is 35.1 Å². The van der Waals surface area contributed by atoms with Gasteiger partial charge in [-0.3, -0.25) is 0 Å². The zero-order chi connectivity index (χ0) is 16.1. The summed E-state index contributed by atoms with van der Waals surface area (Å²) in [5.74, 6) is 2.15. The third-order valence-electron chi connectivity index (χ3n) is 3.92. The molecule has 0 aromatic heterocycles. The summed E-state index contributed by atoms with van der Waals surface area (Å²) in [5, 5.41) is 6.83. The molecule has 7 heteroatoms. The summed E-state index contributed by atoms with van der Waals surface area (Å²) >= 11 is 8.12. The van der Waals surface area contributed by atoms with Gasteiger partial charge in [-0.15, -0.1) is 0 Å². The lowest BCUT2D eigenvalue weighted by molar-refractivity contribution is 0.171. The quantitative estimate of drug-likeness (QED) is 0.785. The number of fused-ring (bicyclic) bond motifs is 1. The number of ether oxygens (including phenoxy) is 2. The van der Waals surface area contributed by atoms with E-state index in [1.54, 1.807) is 12.1 Å². The molecule has 23 heavy (non-hydrogen) atoms. The summed E-state index contributed by atoms with van der Waals surface area (Å²) in [6.07, 6.45) is 5.30. The molecular weight excluding hydrogens is 336 g/mol. The Morgan fingerprint density at radius 2 is 1.91 bits per heavy atom. The van der Waals surface area contributed by atoms with Crippen LogP contribution in [-0.2, 0) is 0 Å². The first-order valence-electron chi connectivity index (χ1n) is 7.98. The summed E-state index contributed by atoms with van der Waals surface area (Å²) in [5.41, 5.74) is 0.525. The fourth-order valence-electron chi connectivity index (χ4n) is 2.77. The van der Waals surface area contributed by atoms with Crippen LogP contribution in [0.2, 0.25) is 5.02 Å². The van der Waals surface area contributed by atoms with Gasteiger partial charge in [0.25, 0.3) is 0 Å². The van der Waals surface area contributed by atoms with Crippen molar-refractivity contribution in [3.05, 3.63) is 17.2 Å². The van der Waals surface area contributed by atoms with Gasteiger partial charge in [-0.05, 0) is 12.8 Å². The number of hydrogen-bond acceptors (Lipinski definition) is 4. The second kappa shape index (κ2) is 8.02. The van der Waals surface area contributed by atoms with Gasteiger partial charge in [0, 0.05) is 29.7 Å². The van der Waals surface area contributed by atoms with Crippen LogP contribution in [0.1, 0.15) is 25.7 Å². The van der Waals surface area contributed by atoms with Crippen molar-refractivity contribution in [3.8, 4) is 11.5 Å². The van der Waals surface area contributed by atoms with E-state index in [0.717, 1.165) is 11.0 Å². The van der Waals surface area contributed by atoms with Crippen LogP contribution in [-0.4, -0.2) is 36.8 Å². The number of thioether (sulfide) groups is 1. The van der Waals surface area contributed by atoms with Gasteiger partial charge in [-0.25, -0.2) is 4.79 Å². The number of amides is 2. The number of hydrogen-bond donors (Lipinski definition) is 2. The number of rotatable bonds is 5. The molecule has 5 nitrogen and oxygen atoms in total. The molecule has 2 N–H and O–H groups in total. The summed E-state index contributed by atoms with van der Waals surface area (Å²) in [6.45, 7) is 1.66. The SMILES string of the molecule is O=C(NCCSC1CCCC1)Nc1cc2c(cc1Cl)OCCO2. The lowest BCUT2D eigenvalue weighted by atomic mass is 10.2. The molecular formula is C16H21ClN2O3S. The molecule has 0 atom stereocenters. The van der Waals surface area contributed by atoms with Crippen LogP contribution in [0, 0.1) is 0 Å². The molecule has 0 spiro atoms. The predicted octanol–water partition coefficient (Wildman–Crippen LogP) is 3.91. The molecule has 0 saturated heterocycles. The molecule has 1 aromatic carbocycles. The van der Waals surface area contributed by atoms with E-state index < -0.39 is 0 Å². The molecule has 0 radical (unpaired) electrons. The summed E-state index contributed by atoms with van der Waals surface area (Å²) in [6, 6.07) is 3.11. The number of anilines is 1. The number of halogens is 1. The molecule has 1 aliphatic heterocycles. The molecule has 0 bridgehead atoms. The van der Waals surface area contributed by atoms with E-state index in [1.807, 2.05) is 11.8 Å². The molecule has 1 aliphatic carbocycles. The molecule has 0 unspecified atom stereocenters. The smallest absolute Gasteiger partial charge is 0.319 e. The molecule has 1 aromatic rings. The Labute approximate surface area is 145 Å². The number of carbonyl (C=O) groups excluding carboxylic acids is 1. The standard InChI is InChI=1S/C16H21ClN2O3S/c17-12-9-14-15(22-7-6-21-14)10-13(12)19-16(20)18-5-8-23-11-3-1-2-4-11/h9-11H,1-8H2,(H2,18,19,20). The van der Waals surface area contributed by atoms with Gasteiger partial charge < -0.3 is 20.1 Å². The van der Waals surface area contributed by atoms with Crippen LogP contribution in [0.5, 0.6) is 11.5 Å². The van der Waals surface area contributed by atoms with Crippen molar-refractivity contribution in [1.82, 2.24) is 5.32 Å². The van der Waals surface area contributed by atoms with Crippen molar-refractivity contribution in [2.24, 2.45) is 0 Å². The molecule has 2 amide bonds. The van der Waals surface area contributed by atoms with Crippen molar-refractivity contribution < 1.29 is 14.3 Å². The zero-order valence-corrected chi connectivity index (χ0v) is 14.5. The van der Waals surface area contributed by atoms with Crippen LogP contribution in [0.25, 0.3) is 0 Å². The Balaban J connectivity index is 1.45. The Kier molecular flexibility index (Phi) is 5.78. The van der Waals surface area contributed by atoms with Crippen molar-refractivity contribution in [2.75, 3.05) is 30.8 Å². The first-order chi connectivity index (χ1) is 11.2. The zero-order valence-electron chi connectivity index (χ0n) is 12.9. The monoisotopic (exact) mass is 356 g/mol. The van der Waals surface area contributed by atoms with E-state index in [9.17, 15) is 4.79 Å². The molecule has 126 valence electrons. The lowest BCUT2D eigenvalue weighted by Gasteiger charge is -2.20. The first kappa shape index (κ1) is 16.6. The van der Waals surface area contributed by atoms with Gasteiger partial charge in [0.2, 0.25) is 0 Å². The second-order valence-electron chi connectivity index (χ2n) is 5.63. The van der Waals surface area contributed by atoms with Crippen LogP contribution in [0.3, 0.4) is 0 Å². The maximum absolute atomic E-state index is 12.0. The highest BCUT2D eigenvalue weighted by molar-refractivity contribution is 7.99. The Hall–Kier alpha value is -1.27. The lowest BCUT2D eigenvalue weighted by Crippen LogP contribution is -2.31. The topological polar surface area (TPSA) is 59.6 Å². The Bertz CT molecular complexity index is 565.